The van der Waals surface area contributed by atoms with Crippen LogP contribution in [0.15, 0.2) is 78.9 Å². The molecule has 0 saturated carbocycles. The first-order valence-electron chi connectivity index (χ1n) is 9.56. The zero-order valence-electron chi connectivity index (χ0n) is 16.8. The van der Waals surface area contributed by atoms with E-state index in [9.17, 15) is 9.59 Å². The highest BCUT2D eigenvalue weighted by molar-refractivity contribution is 6.32. The Hall–Kier alpha value is -3.31. The predicted molar refractivity (Wildman–Crippen MR) is 119 cm³/mol. The van der Waals surface area contributed by atoms with Gasteiger partial charge in [-0.05, 0) is 36.8 Å². The smallest absolute Gasteiger partial charge is 0.265 e. The lowest BCUT2D eigenvalue weighted by atomic mass is 10.1. The molecule has 0 heterocycles. The van der Waals surface area contributed by atoms with Gasteiger partial charge in [-0.2, -0.15) is 0 Å². The Bertz CT molecular complexity index is 1020. The molecule has 3 aromatic carbocycles. The van der Waals surface area contributed by atoms with Crippen LogP contribution in [0.25, 0.3) is 0 Å². The summed E-state index contributed by atoms with van der Waals surface area (Å²) < 4.78 is 5.67. The van der Waals surface area contributed by atoms with Gasteiger partial charge < -0.3 is 15.0 Å². The molecular formula is C24H23ClN2O3. The number of nitrogens with one attached hydrogen (secondary N) is 1. The lowest BCUT2D eigenvalue weighted by molar-refractivity contribution is -0.122. The highest BCUT2D eigenvalue weighted by atomic mass is 35.5. The van der Waals surface area contributed by atoms with E-state index in [1.807, 2.05) is 30.3 Å². The number of ether oxygens (including phenoxy) is 1. The number of amides is 2. The van der Waals surface area contributed by atoms with Gasteiger partial charge in [-0.25, -0.2) is 0 Å². The largest absolute Gasteiger partial charge is 0.479 e. The molecule has 0 radical (unpaired) electrons. The van der Waals surface area contributed by atoms with E-state index in [0.29, 0.717) is 28.6 Å². The molecule has 0 spiro atoms. The van der Waals surface area contributed by atoms with Gasteiger partial charge in [-0.1, -0.05) is 66.2 Å². The molecule has 0 bridgehead atoms. The van der Waals surface area contributed by atoms with E-state index in [2.05, 4.69) is 5.32 Å². The summed E-state index contributed by atoms with van der Waals surface area (Å²) in [4.78, 5) is 27.3. The molecule has 0 saturated heterocycles. The van der Waals surface area contributed by atoms with Crippen LogP contribution in [0.1, 0.15) is 22.8 Å². The first-order valence-corrected chi connectivity index (χ1v) is 9.94. The molecule has 3 aromatic rings. The summed E-state index contributed by atoms with van der Waals surface area (Å²) in [7, 11) is 1.73. The van der Waals surface area contributed by atoms with Gasteiger partial charge in [0, 0.05) is 13.6 Å². The van der Waals surface area contributed by atoms with Gasteiger partial charge in [0.1, 0.15) is 5.75 Å². The summed E-state index contributed by atoms with van der Waals surface area (Å²) >= 11 is 6.09. The molecule has 6 heteroatoms. The van der Waals surface area contributed by atoms with Crippen molar-refractivity contribution < 1.29 is 14.3 Å². The molecule has 154 valence electrons. The van der Waals surface area contributed by atoms with Crippen LogP contribution in [0.2, 0.25) is 5.02 Å². The fraction of sp³-hybridized carbons (Fsp3) is 0.167. The summed E-state index contributed by atoms with van der Waals surface area (Å²) in [5.74, 6) is -0.135. The molecule has 1 unspecified atom stereocenters. The van der Waals surface area contributed by atoms with Crippen LogP contribution in [-0.2, 0) is 11.3 Å². The Labute approximate surface area is 181 Å². The SMILES string of the molecule is CC(Oc1ccccc1Cl)C(=O)Nc1ccccc1C(=O)N(C)Cc1ccccc1. The number of hydrogen-bond donors (Lipinski definition) is 1. The summed E-state index contributed by atoms with van der Waals surface area (Å²) in [6.45, 7) is 2.10. The van der Waals surface area contributed by atoms with Gasteiger partial charge in [0.25, 0.3) is 11.8 Å². The topological polar surface area (TPSA) is 58.6 Å². The van der Waals surface area contributed by atoms with Crippen LogP contribution in [0.4, 0.5) is 5.69 Å². The molecule has 2 amide bonds. The zero-order chi connectivity index (χ0) is 21.5. The second-order valence-corrected chi connectivity index (χ2v) is 7.28. The average Bonchev–Trinajstić information content (AvgIpc) is 2.76. The number of rotatable bonds is 7. The van der Waals surface area contributed by atoms with Crippen LogP contribution in [-0.4, -0.2) is 29.9 Å². The molecule has 0 aliphatic rings. The van der Waals surface area contributed by atoms with E-state index in [1.165, 1.54) is 0 Å². The highest BCUT2D eigenvalue weighted by Crippen LogP contribution is 2.25. The van der Waals surface area contributed by atoms with E-state index in [1.54, 1.807) is 67.4 Å². The minimum Gasteiger partial charge on any atom is -0.479 e. The maximum atomic E-state index is 13.0. The van der Waals surface area contributed by atoms with E-state index < -0.39 is 6.10 Å². The molecule has 3 rings (SSSR count). The number of halogens is 1. The monoisotopic (exact) mass is 422 g/mol. The van der Waals surface area contributed by atoms with Crippen molar-refractivity contribution >= 4 is 29.1 Å². The van der Waals surface area contributed by atoms with Gasteiger partial charge in [-0.3, -0.25) is 9.59 Å². The third-order valence-electron chi connectivity index (χ3n) is 4.53. The molecular weight excluding hydrogens is 400 g/mol. The van der Waals surface area contributed by atoms with Gasteiger partial charge >= 0.3 is 0 Å². The normalized spacial score (nSPS) is 11.4. The van der Waals surface area contributed by atoms with Gasteiger partial charge in [0.15, 0.2) is 6.10 Å². The first kappa shape index (κ1) is 21.4. The summed E-state index contributed by atoms with van der Waals surface area (Å²) in [6.07, 6.45) is -0.796. The average molecular weight is 423 g/mol. The van der Waals surface area contributed by atoms with Crippen LogP contribution in [0.5, 0.6) is 5.75 Å². The quantitative estimate of drug-likeness (QED) is 0.581. The Kier molecular flexibility index (Phi) is 7.09. The minimum atomic E-state index is -0.796. The molecule has 0 aliphatic carbocycles. The maximum absolute atomic E-state index is 13.0. The van der Waals surface area contributed by atoms with Gasteiger partial charge in [-0.15, -0.1) is 0 Å². The first-order chi connectivity index (χ1) is 14.5. The fourth-order valence-corrected chi connectivity index (χ4v) is 3.11. The lowest BCUT2D eigenvalue weighted by Crippen LogP contribution is -2.32. The Morgan fingerprint density at radius 3 is 2.33 bits per heavy atom. The van der Waals surface area contributed by atoms with E-state index in [0.717, 1.165) is 5.56 Å². The number of carbonyl (C=O) groups excluding carboxylic acids is 2. The van der Waals surface area contributed by atoms with Crippen molar-refractivity contribution in [2.24, 2.45) is 0 Å². The minimum absolute atomic E-state index is 0.186. The summed E-state index contributed by atoms with van der Waals surface area (Å²) in [5.41, 5.74) is 1.87. The van der Waals surface area contributed by atoms with Crippen molar-refractivity contribution in [3.05, 3.63) is 95.0 Å². The number of para-hydroxylation sites is 2. The second kappa shape index (κ2) is 9.94. The molecule has 0 aromatic heterocycles. The second-order valence-electron chi connectivity index (χ2n) is 6.87. The molecule has 1 atom stereocenters. The number of anilines is 1. The van der Waals surface area contributed by atoms with Crippen molar-refractivity contribution in [2.75, 3.05) is 12.4 Å². The van der Waals surface area contributed by atoms with E-state index in [-0.39, 0.29) is 11.8 Å². The number of benzene rings is 3. The number of carbonyl (C=O) groups is 2. The highest BCUT2D eigenvalue weighted by Gasteiger charge is 2.21. The van der Waals surface area contributed by atoms with E-state index in [4.69, 9.17) is 16.3 Å². The Balaban J connectivity index is 1.70. The lowest BCUT2D eigenvalue weighted by Gasteiger charge is -2.20. The van der Waals surface area contributed by atoms with Crippen LogP contribution >= 0.6 is 11.6 Å². The van der Waals surface area contributed by atoms with Crippen molar-refractivity contribution in [1.82, 2.24) is 4.90 Å². The number of nitrogens with zero attached hydrogens (tertiary/aromatic N) is 1. The van der Waals surface area contributed by atoms with E-state index >= 15 is 0 Å². The Morgan fingerprint density at radius 1 is 0.967 bits per heavy atom. The molecule has 0 fully saturated rings. The summed E-state index contributed by atoms with van der Waals surface area (Å²) in [6, 6.07) is 23.6. The van der Waals surface area contributed by atoms with Gasteiger partial charge in [0.05, 0.1) is 16.3 Å². The maximum Gasteiger partial charge on any atom is 0.265 e. The van der Waals surface area contributed by atoms with Crippen LogP contribution in [0.3, 0.4) is 0 Å². The standard InChI is InChI=1S/C24H23ClN2O3/c1-17(30-22-15-9-7-13-20(22)25)23(28)26-21-14-8-6-12-19(21)24(29)27(2)16-18-10-4-3-5-11-18/h3-15,17H,16H2,1-2H3,(H,26,28). The van der Waals surface area contributed by atoms with Crippen LogP contribution in [0, 0.1) is 0 Å². The van der Waals surface area contributed by atoms with Gasteiger partial charge in [0.2, 0.25) is 0 Å². The Morgan fingerprint density at radius 2 is 1.60 bits per heavy atom. The fourth-order valence-electron chi connectivity index (χ4n) is 2.93. The molecule has 1 N–H and O–H groups in total. The summed E-state index contributed by atoms with van der Waals surface area (Å²) in [5, 5.41) is 3.22. The number of hydrogen-bond acceptors (Lipinski definition) is 3. The third kappa shape index (κ3) is 5.39. The van der Waals surface area contributed by atoms with Crippen molar-refractivity contribution in [3.63, 3.8) is 0 Å². The molecule has 0 aliphatic heterocycles. The van der Waals surface area contributed by atoms with Crippen molar-refractivity contribution in [1.29, 1.82) is 0 Å². The molecule has 5 nitrogen and oxygen atoms in total. The predicted octanol–water partition coefficient (Wildman–Crippen LogP) is 5.02. The van der Waals surface area contributed by atoms with Crippen molar-refractivity contribution in [3.8, 4) is 5.75 Å². The zero-order valence-corrected chi connectivity index (χ0v) is 17.6. The molecule has 30 heavy (non-hydrogen) atoms. The van der Waals surface area contributed by atoms with Crippen molar-refractivity contribution in [2.45, 2.75) is 19.6 Å². The third-order valence-corrected chi connectivity index (χ3v) is 4.85. The van der Waals surface area contributed by atoms with Crippen LogP contribution < -0.4 is 10.1 Å².